The molecular weight excluding hydrogens is 175 g/mol. The van der Waals surface area contributed by atoms with E-state index in [9.17, 15) is 4.79 Å². The van der Waals surface area contributed by atoms with Gasteiger partial charge in [-0.15, -0.1) is 24.8 Å². The Morgan fingerprint density at radius 2 is 1.60 bits per heavy atom. The Balaban J connectivity index is -0.000000245. The molecule has 0 bridgehead atoms. The number of nitrogens with two attached hydrogens (primary N) is 2. The number of primary amides is 1. The highest BCUT2D eigenvalue weighted by Crippen LogP contribution is 1.95. The van der Waals surface area contributed by atoms with Crippen molar-refractivity contribution in [3.8, 4) is 0 Å². The van der Waals surface area contributed by atoms with Crippen LogP contribution in [-0.2, 0) is 4.79 Å². The van der Waals surface area contributed by atoms with Crippen LogP contribution in [0, 0.1) is 5.92 Å². The van der Waals surface area contributed by atoms with E-state index in [0.717, 1.165) is 0 Å². The van der Waals surface area contributed by atoms with Crippen molar-refractivity contribution in [1.29, 1.82) is 0 Å². The third kappa shape index (κ3) is 6.13. The monoisotopic (exact) mass is 188 g/mol. The molecule has 0 rings (SSSR count). The zero-order valence-corrected chi connectivity index (χ0v) is 7.67. The molecule has 0 saturated heterocycles. The van der Waals surface area contributed by atoms with Crippen LogP contribution in [0.1, 0.15) is 13.8 Å². The van der Waals surface area contributed by atoms with E-state index in [2.05, 4.69) is 0 Å². The number of rotatable bonds is 2. The van der Waals surface area contributed by atoms with Crippen LogP contribution in [0.3, 0.4) is 0 Å². The molecule has 0 spiro atoms. The first-order chi connectivity index (χ1) is 3.55. The number of carbonyl (C=O) groups is 1. The zero-order valence-electron chi connectivity index (χ0n) is 6.03. The maximum Gasteiger partial charge on any atom is 0.234 e. The van der Waals surface area contributed by atoms with Crippen LogP contribution < -0.4 is 11.5 Å². The molecule has 0 heterocycles. The van der Waals surface area contributed by atoms with Crippen LogP contribution in [0.25, 0.3) is 0 Å². The Morgan fingerprint density at radius 3 is 1.60 bits per heavy atom. The van der Waals surface area contributed by atoms with E-state index in [-0.39, 0.29) is 30.7 Å². The van der Waals surface area contributed by atoms with Crippen molar-refractivity contribution >= 4 is 30.7 Å². The third-order valence-corrected chi connectivity index (χ3v) is 1.05. The zero-order chi connectivity index (χ0) is 6.73. The van der Waals surface area contributed by atoms with Gasteiger partial charge in [-0.05, 0) is 5.92 Å². The molecule has 0 aliphatic carbocycles. The molecule has 10 heavy (non-hydrogen) atoms. The van der Waals surface area contributed by atoms with Gasteiger partial charge in [0.25, 0.3) is 0 Å². The first-order valence-corrected chi connectivity index (χ1v) is 2.60. The lowest BCUT2D eigenvalue weighted by atomic mass is 10.1. The maximum absolute atomic E-state index is 10.2. The fourth-order valence-corrected chi connectivity index (χ4v) is 0.329. The lowest BCUT2D eigenvalue weighted by molar-refractivity contribution is -0.120. The summed E-state index contributed by atoms with van der Waals surface area (Å²) in [5.74, 6) is -0.285. The first kappa shape index (κ1) is 16.5. The highest BCUT2D eigenvalue weighted by atomic mass is 35.5. The minimum atomic E-state index is -0.491. The molecule has 64 valence electrons. The molecule has 0 aromatic rings. The van der Waals surface area contributed by atoms with Crippen LogP contribution in [0.15, 0.2) is 0 Å². The number of hydrogen-bond acceptors (Lipinski definition) is 2. The third-order valence-electron chi connectivity index (χ3n) is 1.05. The van der Waals surface area contributed by atoms with Crippen molar-refractivity contribution < 1.29 is 4.79 Å². The highest BCUT2D eigenvalue weighted by Gasteiger charge is 2.12. The van der Waals surface area contributed by atoms with E-state index < -0.39 is 11.9 Å². The Bertz CT molecular complexity index is 97.6. The van der Waals surface area contributed by atoms with Crippen LogP contribution in [-0.4, -0.2) is 11.9 Å². The summed E-state index contributed by atoms with van der Waals surface area (Å²) in [4.78, 5) is 10.2. The Hall–Kier alpha value is 0.01000. The Kier molecular flexibility index (Phi) is 11.8. The summed E-state index contributed by atoms with van der Waals surface area (Å²) in [6.07, 6.45) is 0. The largest absolute Gasteiger partial charge is 0.368 e. The topological polar surface area (TPSA) is 69.1 Å². The van der Waals surface area contributed by atoms with Gasteiger partial charge in [-0.25, -0.2) is 0 Å². The van der Waals surface area contributed by atoms with E-state index in [1.807, 2.05) is 13.8 Å². The summed E-state index contributed by atoms with van der Waals surface area (Å²) in [6.45, 7) is 3.71. The number of halogens is 2. The van der Waals surface area contributed by atoms with Crippen LogP contribution in [0.2, 0.25) is 0 Å². The van der Waals surface area contributed by atoms with Crippen molar-refractivity contribution in [2.45, 2.75) is 19.9 Å². The number of hydrogen-bond donors (Lipinski definition) is 2. The average molecular weight is 189 g/mol. The second kappa shape index (κ2) is 7.12. The van der Waals surface area contributed by atoms with E-state index in [4.69, 9.17) is 11.5 Å². The minimum Gasteiger partial charge on any atom is -0.368 e. The summed E-state index contributed by atoms with van der Waals surface area (Å²) in [7, 11) is 0. The molecule has 0 aromatic heterocycles. The van der Waals surface area contributed by atoms with Gasteiger partial charge in [0.2, 0.25) is 5.91 Å². The normalized spacial score (nSPS) is 11.2. The smallest absolute Gasteiger partial charge is 0.234 e. The SMILES string of the molecule is CC(C)C(N)C(N)=O.Cl.Cl. The van der Waals surface area contributed by atoms with E-state index in [1.54, 1.807) is 0 Å². The van der Waals surface area contributed by atoms with Crippen LogP contribution in [0.4, 0.5) is 0 Å². The van der Waals surface area contributed by atoms with Gasteiger partial charge in [-0.3, -0.25) is 4.79 Å². The quantitative estimate of drug-likeness (QED) is 0.655. The fraction of sp³-hybridized carbons (Fsp3) is 0.800. The van der Waals surface area contributed by atoms with Crippen molar-refractivity contribution in [3.05, 3.63) is 0 Å². The van der Waals surface area contributed by atoms with Crippen molar-refractivity contribution in [3.63, 3.8) is 0 Å². The molecule has 1 unspecified atom stereocenters. The molecule has 1 atom stereocenters. The number of carbonyl (C=O) groups excluding carboxylic acids is 1. The van der Waals surface area contributed by atoms with Gasteiger partial charge < -0.3 is 11.5 Å². The second-order valence-corrected chi connectivity index (χ2v) is 2.17. The molecule has 0 aromatic carbocycles. The lowest BCUT2D eigenvalue weighted by Crippen LogP contribution is -2.40. The summed E-state index contributed by atoms with van der Waals surface area (Å²) >= 11 is 0. The Labute approximate surface area is 73.3 Å². The standard InChI is InChI=1S/C5H12N2O.2ClH/c1-3(2)4(6)5(7)8;;/h3-4H,6H2,1-2H3,(H2,7,8);2*1H. The minimum absolute atomic E-state index is 0. The van der Waals surface area contributed by atoms with Crippen molar-refractivity contribution in [1.82, 2.24) is 0 Å². The molecule has 4 N–H and O–H groups in total. The second-order valence-electron chi connectivity index (χ2n) is 2.17. The van der Waals surface area contributed by atoms with Gasteiger partial charge in [0.05, 0.1) is 6.04 Å². The highest BCUT2D eigenvalue weighted by molar-refractivity contribution is 5.85. The summed E-state index contributed by atoms with van der Waals surface area (Å²) in [5, 5.41) is 0. The predicted octanol–water partition coefficient (Wildman–Crippen LogP) is 0.299. The summed E-state index contributed by atoms with van der Waals surface area (Å²) in [5.41, 5.74) is 10.2. The van der Waals surface area contributed by atoms with Gasteiger partial charge >= 0.3 is 0 Å². The van der Waals surface area contributed by atoms with Gasteiger partial charge in [0.15, 0.2) is 0 Å². The molecule has 1 amide bonds. The number of amides is 1. The van der Waals surface area contributed by atoms with E-state index in [1.165, 1.54) is 0 Å². The molecule has 0 fully saturated rings. The maximum atomic E-state index is 10.2. The lowest BCUT2D eigenvalue weighted by Gasteiger charge is -2.09. The molecule has 0 saturated carbocycles. The summed E-state index contributed by atoms with van der Waals surface area (Å²) in [6, 6.07) is -0.491. The van der Waals surface area contributed by atoms with E-state index >= 15 is 0 Å². The van der Waals surface area contributed by atoms with Crippen molar-refractivity contribution in [2.24, 2.45) is 17.4 Å². The molecule has 0 aliphatic rings. The molecule has 0 radical (unpaired) electrons. The molecule has 0 aliphatic heterocycles. The average Bonchev–Trinajstić information content (AvgIpc) is 1.64. The van der Waals surface area contributed by atoms with Crippen LogP contribution in [0.5, 0.6) is 0 Å². The fourth-order valence-electron chi connectivity index (χ4n) is 0.329. The summed E-state index contributed by atoms with van der Waals surface area (Å²) < 4.78 is 0. The van der Waals surface area contributed by atoms with Gasteiger partial charge in [-0.1, -0.05) is 13.8 Å². The molecule has 3 nitrogen and oxygen atoms in total. The van der Waals surface area contributed by atoms with Crippen molar-refractivity contribution in [2.75, 3.05) is 0 Å². The van der Waals surface area contributed by atoms with Gasteiger partial charge in [0, 0.05) is 0 Å². The van der Waals surface area contributed by atoms with Gasteiger partial charge in [0.1, 0.15) is 0 Å². The molecular formula is C5H14Cl2N2O. The predicted molar refractivity (Wildman–Crippen MR) is 46.5 cm³/mol. The Morgan fingerprint density at radius 1 is 1.30 bits per heavy atom. The molecule has 5 heteroatoms. The van der Waals surface area contributed by atoms with Gasteiger partial charge in [-0.2, -0.15) is 0 Å². The van der Waals surface area contributed by atoms with Crippen LogP contribution >= 0.6 is 24.8 Å². The first-order valence-electron chi connectivity index (χ1n) is 2.60. The van der Waals surface area contributed by atoms with E-state index in [0.29, 0.717) is 0 Å².